The summed E-state index contributed by atoms with van der Waals surface area (Å²) in [7, 11) is 1.64. The Bertz CT molecular complexity index is 1280. The molecule has 4 unspecified atom stereocenters. The first-order valence-corrected chi connectivity index (χ1v) is 13.7. The van der Waals surface area contributed by atoms with Crippen LogP contribution in [0.25, 0.3) is 0 Å². The molecular formula is C29H35Cl2F2N3O3. The SMILES string of the molecule is CNc1cc(Cl)c(F)cc1C1(C=O)C(CC(C)(C)C)NC(C(=O)NC2CC(C)(O)C2)C1c1ccc(F)c(Cl)c1. The molecule has 1 heterocycles. The number of aldehydes is 1. The summed E-state index contributed by atoms with van der Waals surface area (Å²) in [6.07, 6.45) is 2.01. The molecule has 2 aliphatic rings. The maximum atomic E-state index is 15.1. The van der Waals surface area contributed by atoms with Crippen molar-refractivity contribution in [2.24, 2.45) is 5.41 Å². The highest BCUT2D eigenvalue weighted by molar-refractivity contribution is 6.31. The number of aliphatic hydroxyl groups is 1. The Hall–Kier alpha value is -2.26. The number of amides is 1. The number of benzene rings is 2. The Morgan fingerprint density at radius 1 is 1.15 bits per heavy atom. The molecule has 4 atom stereocenters. The molecule has 1 aliphatic carbocycles. The Morgan fingerprint density at radius 2 is 1.79 bits per heavy atom. The van der Waals surface area contributed by atoms with Crippen LogP contribution in [0.5, 0.6) is 0 Å². The van der Waals surface area contributed by atoms with E-state index in [-0.39, 0.29) is 27.4 Å². The van der Waals surface area contributed by atoms with Crippen molar-refractivity contribution in [3.05, 3.63) is 63.1 Å². The second kappa shape index (κ2) is 10.6. The van der Waals surface area contributed by atoms with E-state index >= 15 is 4.39 Å². The van der Waals surface area contributed by atoms with E-state index in [1.165, 1.54) is 30.3 Å². The second-order valence-corrected chi connectivity index (χ2v) is 13.2. The zero-order chi connectivity index (χ0) is 28.9. The largest absolute Gasteiger partial charge is 0.390 e. The molecule has 212 valence electrons. The fourth-order valence-corrected chi connectivity index (χ4v) is 6.62. The number of hydrogen-bond acceptors (Lipinski definition) is 5. The average Bonchev–Trinajstić information content (AvgIpc) is 3.14. The molecular weight excluding hydrogens is 547 g/mol. The molecule has 1 saturated carbocycles. The molecule has 6 nitrogen and oxygen atoms in total. The summed E-state index contributed by atoms with van der Waals surface area (Å²) in [5.41, 5.74) is -1.39. The normalized spacial score (nSPS) is 30.5. The van der Waals surface area contributed by atoms with Crippen molar-refractivity contribution in [1.29, 1.82) is 0 Å². The molecule has 10 heteroatoms. The van der Waals surface area contributed by atoms with Crippen LogP contribution < -0.4 is 16.0 Å². The van der Waals surface area contributed by atoms with E-state index in [2.05, 4.69) is 16.0 Å². The highest BCUT2D eigenvalue weighted by atomic mass is 35.5. The van der Waals surface area contributed by atoms with Crippen LogP contribution in [0.3, 0.4) is 0 Å². The van der Waals surface area contributed by atoms with Gasteiger partial charge in [-0.15, -0.1) is 0 Å². The highest BCUT2D eigenvalue weighted by Crippen LogP contribution is 2.53. The fraction of sp³-hybridized carbons (Fsp3) is 0.517. The van der Waals surface area contributed by atoms with E-state index in [9.17, 15) is 19.1 Å². The van der Waals surface area contributed by atoms with Crippen LogP contribution in [-0.2, 0) is 15.0 Å². The number of carbonyl (C=O) groups excluding carboxylic acids is 2. The van der Waals surface area contributed by atoms with Crippen molar-refractivity contribution in [3.8, 4) is 0 Å². The Labute approximate surface area is 237 Å². The first-order chi connectivity index (χ1) is 18.1. The summed E-state index contributed by atoms with van der Waals surface area (Å²) in [4.78, 5) is 27.3. The van der Waals surface area contributed by atoms with Crippen LogP contribution >= 0.6 is 23.2 Å². The predicted octanol–water partition coefficient (Wildman–Crippen LogP) is 5.34. The number of halogens is 4. The van der Waals surface area contributed by atoms with Crippen molar-refractivity contribution in [2.45, 2.75) is 82.0 Å². The van der Waals surface area contributed by atoms with Gasteiger partial charge in [-0.2, -0.15) is 0 Å². The van der Waals surface area contributed by atoms with Crippen molar-refractivity contribution in [1.82, 2.24) is 10.6 Å². The number of rotatable bonds is 7. The molecule has 0 aromatic heterocycles. The topological polar surface area (TPSA) is 90.5 Å². The molecule has 0 spiro atoms. The summed E-state index contributed by atoms with van der Waals surface area (Å²) in [5, 5.41) is 19.3. The smallest absolute Gasteiger partial charge is 0.238 e. The molecule has 2 fully saturated rings. The van der Waals surface area contributed by atoms with Gasteiger partial charge >= 0.3 is 0 Å². The molecule has 1 aliphatic heterocycles. The van der Waals surface area contributed by atoms with Gasteiger partial charge in [-0.05, 0) is 67.0 Å². The van der Waals surface area contributed by atoms with Gasteiger partial charge in [-0.3, -0.25) is 4.79 Å². The van der Waals surface area contributed by atoms with E-state index in [1.54, 1.807) is 14.0 Å². The molecule has 4 rings (SSSR count). The molecule has 0 bridgehead atoms. The minimum absolute atomic E-state index is 0.116. The lowest BCUT2D eigenvalue weighted by atomic mass is 9.62. The van der Waals surface area contributed by atoms with Crippen LogP contribution in [0.15, 0.2) is 30.3 Å². The quantitative estimate of drug-likeness (QED) is 0.331. The third-order valence-electron chi connectivity index (χ3n) is 7.92. The van der Waals surface area contributed by atoms with Crippen LogP contribution in [0.1, 0.15) is 64.0 Å². The minimum atomic E-state index is -1.47. The molecule has 0 radical (unpaired) electrons. The zero-order valence-corrected chi connectivity index (χ0v) is 24.2. The van der Waals surface area contributed by atoms with Crippen molar-refractivity contribution in [3.63, 3.8) is 0 Å². The summed E-state index contributed by atoms with van der Waals surface area (Å²) in [6, 6.07) is 4.98. The highest BCUT2D eigenvalue weighted by Gasteiger charge is 2.60. The van der Waals surface area contributed by atoms with E-state index in [4.69, 9.17) is 23.2 Å². The maximum Gasteiger partial charge on any atom is 0.238 e. The fourth-order valence-electron chi connectivity index (χ4n) is 6.27. The Kier molecular flexibility index (Phi) is 8.09. The molecule has 1 amide bonds. The van der Waals surface area contributed by atoms with Crippen molar-refractivity contribution in [2.75, 3.05) is 12.4 Å². The van der Waals surface area contributed by atoms with E-state index in [0.717, 1.165) is 6.29 Å². The lowest BCUT2D eigenvalue weighted by Gasteiger charge is -2.42. The van der Waals surface area contributed by atoms with Gasteiger partial charge in [-0.1, -0.05) is 50.0 Å². The first kappa shape index (κ1) is 29.7. The number of anilines is 1. The second-order valence-electron chi connectivity index (χ2n) is 12.3. The third-order valence-corrected chi connectivity index (χ3v) is 8.50. The number of carbonyl (C=O) groups is 2. The van der Waals surface area contributed by atoms with Gasteiger partial charge < -0.3 is 25.9 Å². The summed E-state index contributed by atoms with van der Waals surface area (Å²) in [5.74, 6) is -2.60. The summed E-state index contributed by atoms with van der Waals surface area (Å²) >= 11 is 12.3. The Balaban J connectivity index is 1.94. The van der Waals surface area contributed by atoms with Gasteiger partial charge in [0.25, 0.3) is 0 Å². The average molecular weight is 583 g/mol. The van der Waals surface area contributed by atoms with Crippen LogP contribution in [-0.4, -0.2) is 48.1 Å². The monoisotopic (exact) mass is 581 g/mol. The van der Waals surface area contributed by atoms with Crippen molar-refractivity contribution < 1.29 is 23.5 Å². The van der Waals surface area contributed by atoms with Gasteiger partial charge in [0, 0.05) is 30.7 Å². The molecule has 2 aromatic rings. The molecule has 1 saturated heterocycles. The predicted molar refractivity (Wildman–Crippen MR) is 149 cm³/mol. The number of nitrogens with one attached hydrogen (secondary N) is 3. The van der Waals surface area contributed by atoms with Crippen LogP contribution in [0, 0.1) is 17.0 Å². The molecule has 2 aromatic carbocycles. The summed E-state index contributed by atoms with van der Waals surface area (Å²) in [6.45, 7) is 7.75. The Morgan fingerprint density at radius 3 is 2.33 bits per heavy atom. The summed E-state index contributed by atoms with van der Waals surface area (Å²) < 4.78 is 29.3. The van der Waals surface area contributed by atoms with Gasteiger partial charge in [0.05, 0.1) is 27.1 Å². The van der Waals surface area contributed by atoms with Gasteiger partial charge in [0.1, 0.15) is 17.9 Å². The van der Waals surface area contributed by atoms with E-state index in [0.29, 0.717) is 36.1 Å². The first-order valence-electron chi connectivity index (χ1n) is 13.0. The van der Waals surface area contributed by atoms with Crippen molar-refractivity contribution >= 4 is 41.1 Å². The lowest BCUT2D eigenvalue weighted by molar-refractivity contribution is -0.127. The molecule has 39 heavy (non-hydrogen) atoms. The minimum Gasteiger partial charge on any atom is -0.390 e. The van der Waals surface area contributed by atoms with E-state index in [1.807, 2.05) is 20.8 Å². The standard InChI is InChI=1S/C29H35Cl2F2N3O3/c1-27(2,3)13-23-29(14-37,17-9-21(33)19(31)10-22(17)34-5)24(15-6-7-20(32)18(30)8-15)25(36-23)26(38)35-16-11-28(4,39)12-16/h6-10,14,16,23-25,34,36,39H,11-13H2,1-5H3,(H,35,38). The van der Waals surface area contributed by atoms with Crippen LogP contribution in [0.2, 0.25) is 10.0 Å². The third kappa shape index (κ3) is 5.67. The number of hydrogen-bond donors (Lipinski definition) is 4. The lowest BCUT2D eigenvalue weighted by Crippen LogP contribution is -2.57. The maximum absolute atomic E-state index is 15.1. The van der Waals surface area contributed by atoms with Gasteiger partial charge in [0.15, 0.2) is 0 Å². The van der Waals surface area contributed by atoms with E-state index < -0.39 is 40.7 Å². The molecule has 4 N–H and O–H groups in total. The van der Waals surface area contributed by atoms with Gasteiger partial charge in [-0.25, -0.2) is 8.78 Å². The van der Waals surface area contributed by atoms with Crippen LogP contribution in [0.4, 0.5) is 14.5 Å². The van der Waals surface area contributed by atoms with Gasteiger partial charge in [0.2, 0.25) is 5.91 Å². The zero-order valence-electron chi connectivity index (χ0n) is 22.7.